The Kier molecular flexibility index (Phi) is 7.21. The average Bonchev–Trinajstić information content (AvgIpc) is 3.53. The Morgan fingerprint density at radius 1 is 0.276 bits per heavy atom. The van der Waals surface area contributed by atoms with Gasteiger partial charge in [-0.15, -0.1) is 0 Å². The number of hydrogen-bond acceptors (Lipinski definition) is 1. The standard InChI is InChI=1S/C57H37N/c1-3-19-43-38(15-1)17-13-26-44(43)40-31-33-41(34-32-40)58(56-30-14-18-39-16-2-4-20-45(39)56)42-35-36-51-50-25-9-12-29-54(50)57(55(51)37-42)52-27-10-7-23-48(52)46-21-5-6-22-47(46)49-24-8-11-28-53(49)57/h1-37H. The minimum atomic E-state index is -0.559. The maximum atomic E-state index is 2.50. The fraction of sp³-hybridized carbons (Fsp3) is 0.0175. The molecule has 0 unspecified atom stereocenters. The summed E-state index contributed by atoms with van der Waals surface area (Å²) in [7, 11) is 0. The second-order valence-electron chi connectivity index (χ2n) is 15.6. The molecule has 0 fully saturated rings. The fourth-order valence-electron chi connectivity index (χ4n) is 10.3. The van der Waals surface area contributed by atoms with Gasteiger partial charge in [0.25, 0.3) is 0 Å². The maximum absolute atomic E-state index is 2.50. The Labute approximate surface area is 338 Å². The Balaban J connectivity index is 1.13. The SMILES string of the molecule is c1ccc2c(c1)-c1ccccc1C1(c3ccccc3-2)c2ccccc2-c2ccc(N(c3ccc(-c4cccc5ccccc45)cc3)c3cccc4ccccc34)cc21. The van der Waals surface area contributed by atoms with Gasteiger partial charge in [0.15, 0.2) is 0 Å². The second-order valence-corrected chi connectivity index (χ2v) is 15.6. The van der Waals surface area contributed by atoms with Crippen LogP contribution in [0.15, 0.2) is 224 Å². The van der Waals surface area contributed by atoms with E-state index in [1.54, 1.807) is 0 Å². The van der Waals surface area contributed by atoms with Crippen LogP contribution in [-0.2, 0) is 5.41 Å². The van der Waals surface area contributed by atoms with Gasteiger partial charge >= 0.3 is 0 Å². The number of fused-ring (bicyclic) bond motifs is 14. The first-order valence-corrected chi connectivity index (χ1v) is 20.2. The van der Waals surface area contributed by atoms with Crippen molar-refractivity contribution >= 4 is 38.6 Å². The molecule has 0 radical (unpaired) electrons. The second kappa shape index (κ2) is 12.8. The Bertz CT molecular complexity index is 3170. The van der Waals surface area contributed by atoms with E-state index in [0.717, 1.165) is 17.1 Å². The van der Waals surface area contributed by atoms with Crippen molar-refractivity contribution in [2.24, 2.45) is 0 Å². The normalized spacial score (nSPS) is 13.0. The molecule has 0 N–H and O–H groups in total. The van der Waals surface area contributed by atoms with Crippen LogP contribution in [0.25, 0.3) is 66.1 Å². The van der Waals surface area contributed by atoms with Gasteiger partial charge in [-0.05, 0) is 113 Å². The zero-order chi connectivity index (χ0) is 38.2. The Morgan fingerprint density at radius 3 is 1.34 bits per heavy atom. The fourth-order valence-corrected chi connectivity index (χ4v) is 10.3. The monoisotopic (exact) mass is 735 g/mol. The molecule has 10 aromatic carbocycles. The molecule has 0 aliphatic heterocycles. The van der Waals surface area contributed by atoms with Crippen molar-refractivity contribution in [1.29, 1.82) is 0 Å². The molecule has 0 amide bonds. The van der Waals surface area contributed by atoms with Crippen molar-refractivity contribution in [3.8, 4) is 44.5 Å². The van der Waals surface area contributed by atoms with E-state index in [4.69, 9.17) is 0 Å². The summed E-state index contributed by atoms with van der Waals surface area (Å²) in [6.07, 6.45) is 0. The van der Waals surface area contributed by atoms with Crippen LogP contribution in [-0.4, -0.2) is 0 Å². The lowest BCUT2D eigenvalue weighted by Crippen LogP contribution is -2.29. The molecule has 270 valence electrons. The summed E-state index contributed by atoms with van der Waals surface area (Å²) in [4.78, 5) is 2.47. The Morgan fingerprint density at radius 2 is 0.707 bits per heavy atom. The van der Waals surface area contributed by atoms with Gasteiger partial charge in [0.1, 0.15) is 0 Å². The molecule has 0 saturated heterocycles. The molecule has 0 aromatic heterocycles. The molecule has 1 spiro atoms. The number of benzene rings is 10. The molecule has 0 heterocycles. The topological polar surface area (TPSA) is 3.24 Å². The molecule has 2 aliphatic carbocycles. The summed E-state index contributed by atoms with van der Waals surface area (Å²) in [6.45, 7) is 0. The van der Waals surface area contributed by atoms with Gasteiger partial charge < -0.3 is 4.90 Å². The molecule has 0 bridgehead atoms. The van der Waals surface area contributed by atoms with E-state index >= 15 is 0 Å². The predicted octanol–water partition coefficient (Wildman–Crippen LogP) is 15.1. The van der Waals surface area contributed by atoms with Crippen molar-refractivity contribution < 1.29 is 0 Å². The first-order valence-electron chi connectivity index (χ1n) is 20.2. The number of rotatable bonds is 4. The number of nitrogens with zero attached hydrogens (tertiary/aromatic N) is 1. The van der Waals surface area contributed by atoms with Gasteiger partial charge in [0.2, 0.25) is 0 Å². The van der Waals surface area contributed by atoms with E-state index in [0.29, 0.717) is 0 Å². The number of anilines is 3. The molecule has 1 heteroatoms. The molecule has 1 nitrogen and oxygen atoms in total. The highest BCUT2D eigenvalue weighted by molar-refractivity contribution is 6.02. The van der Waals surface area contributed by atoms with Gasteiger partial charge in [-0.2, -0.15) is 0 Å². The summed E-state index contributed by atoms with van der Waals surface area (Å²) in [6, 6.07) is 83.3. The largest absolute Gasteiger partial charge is 0.310 e. The highest BCUT2D eigenvalue weighted by Crippen LogP contribution is 2.62. The van der Waals surface area contributed by atoms with Crippen LogP contribution in [0, 0.1) is 0 Å². The molecule has 0 atom stereocenters. The van der Waals surface area contributed by atoms with Gasteiger partial charge in [0.05, 0.1) is 11.1 Å². The van der Waals surface area contributed by atoms with Crippen molar-refractivity contribution in [3.05, 3.63) is 247 Å². The van der Waals surface area contributed by atoms with Crippen molar-refractivity contribution in [2.75, 3.05) is 4.90 Å². The van der Waals surface area contributed by atoms with Crippen LogP contribution in [0.4, 0.5) is 17.1 Å². The van der Waals surface area contributed by atoms with Crippen LogP contribution in [0.3, 0.4) is 0 Å². The Hall–Kier alpha value is -7.48. The highest BCUT2D eigenvalue weighted by Gasteiger charge is 2.49. The first-order chi connectivity index (χ1) is 28.8. The predicted molar refractivity (Wildman–Crippen MR) is 243 cm³/mol. The van der Waals surface area contributed by atoms with Crippen molar-refractivity contribution in [3.63, 3.8) is 0 Å². The molecule has 58 heavy (non-hydrogen) atoms. The van der Waals surface area contributed by atoms with Crippen molar-refractivity contribution in [1.82, 2.24) is 0 Å². The third kappa shape index (κ3) is 4.65. The van der Waals surface area contributed by atoms with Gasteiger partial charge in [-0.25, -0.2) is 0 Å². The van der Waals surface area contributed by atoms with Gasteiger partial charge in [-0.1, -0.05) is 194 Å². The van der Waals surface area contributed by atoms with Crippen LogP contribution in [0.2, 0.25) is 0 Å². The highest BCUT2D eigenvalue weighted by atomic mass is 15.1. The zero-order valence-corrected chi connectivity index (χ0v) is 31.8. The molecular weight excluding hydrogens is 699 g/mol. The minimum Gasteiger partial charge on any atom is -0.310 e. The van der Waals surface area contributed by atoms with E-state index in [1.807, 2.05) is 0 Å². The molecule has 12 rings (SSSR count). The summed E-state index contributed by atoms with van der Waals surface area (Å²) < 4.78 is 0. The van der Waals surface area contributed by atoms with Gasteiger partial charge in [0, 0.05) is 16.8 Å². The van der Waals surface area contributed by atoms with E-state index in [9.17, 15) is 0 Å². The molecule has 10 aromatic rings. The molecule has 2 aliphatic rings. The first kappa shape index (κ1) is 32.7. The lowest BCUT2D eigenvalue weighted by Gasteiger charge is -2.36. The van der Waals surface area contributed by atoms with E-state index in [1.165, 1.54) is 88.3 Å². The van der Waals surface area contributed by atoms with Crippen LogP contribution >= 0.6 is 0 Å². The maximum Gasteiger partial charge on any atom is 0.0726 e. The van der Waals surface area contributed by atoms with E-state index < -0.39 is 5.41 Å². The zero-order valence-electron chi connectivity index (χ0n) is 31.8. The minimum absolute atomic E-state index is 0.559. The summed E-state index contributed by atoms with van der Waals surface area (Å²) in [5, 5.41) is 4.94. The van der Waals surface area contributed by atoms with E-state index in [2.05, 4.69) is 229 Å². The van der Waals surface area contributed by atoms with Crippen LogP contribution in [0.1, 0.15) is 22.3 Å². The summed E-state index contributed by atoms with van der Waals surface area (Å²) in [5.41, 5.74) is 18.2. The lowest BCUT2D eigenvalue weighted by atomic mass is 9.66. The van der Waals surface area contributed by atoms with Crippen LogP contribution < -0.4 is 4.90 Å². The summed E-state index contributed by atoms with van der Waals surface area (Å²) in [5.74, 6) is 0. The van der Waals surface area contributed by atoms with Crippen LogP contribution in [0.5, 0.6) is 0 Å². The van der Waals surface area contributed by atoms with E-state index in [-0.39, 0.29) is 0 Å². The third-order valence-electron chi connectivity index (χ3n) is 12.7. The summed E-state index contributed by atoms with van der Waals surface area (Å²) >= 11 is 0. The quantitative estimate of drug-likeness (QED) is 0.174. The van der Waals surface area contributed by atoms with Crippen molar-refractivity contribution in [2.45, 2.75) is 5.41 Å². The number of hydrogen-bond donors (Lipinski definition) is 0. The molecular formula is C57H37N. The smallest absolute Gasteiger partial charge is 0.0726 e. The van der Waals surface area contributed by atoms with Gasteiger partial charge in [-0.3, -0.25) is 0 Å². The lowest BCUT2D eigenvalue weighted by molar-refractivity contribution is 0.775. The molecule has 0 saturated carbocycles. The average molecular weight is 736 g/mol. The third-order valence-corrected chi connectivity index (χ3v) is 12.7.